The molecular formula is C12H14O3. The molecule has 2 rings (SSSR count). The molecule has 0 saturated carbocycles. The Kier molecular flexibility index (Phi) is 2.71. The number of fused-ring (bicyclic) bond motifs is 1. The van der Waals surface area contributed by atoms with E-state index in [1.165, 1.54) is 0 Å². The molecule has 0 aromatic carbocycles. The monoisotopic (exact) mass is 206 g/mol. The second kappa shape index (κ2) is 4.01. The third-order valence-electron chi connectivity index (χ3n) is 2.96. The van der Waals surface area contributed by atoms with E-state index < -0.39 is 5.97 Å². The lowest BCUT2D eigenvalue weighted by Crippen LogP contribution is -2.26. The van der Waals surface area contributed by atoms with Crippen LogP contribution in [0.2, 0.25) is 0 Å². The molecular weight excluding hydrogens is 192 g/mol. The highest BCUT2D eigenvalue weighted by atomic mass is 16.6. The summed E-state index contributed by atoms with van der Waals surface area (Å²) < 4.78 is 4.66. The molecule has 80 valence electrons. The number of carbonyl (C=O) groups excluding carboxylic acids is 2. The van der Waals surface area contributed by atoms with Crippen LogP contribution in [0.1, 0.15) is 19.8 Å². The number of esters is 2. The molecule has 0 spiro atoms. The van der Waals surface area contributed by atoms with Gasteiger partial charge >= 0.3 is 11.9 Å². The standard InChI is InChI=1S/C12H14O3/c1-2-3-5-8-6-4-7-9-10(8)12(14)15-11(9)13/h3-5,7-10H,2,6H2,1H3. The maximum absolute atomic E-state index is 11.5. The van der Waals surface area contributed by atoms with Crippen LogP contribution in [0.25, 0.3) is 0 Å². The Morgan fingerprint density at radius 2 is 2.27 bits per heavy atom. The number of allylic oxidation sites excluding steroid dienone is 3. The molecule has 15 heavy (non-hydrogen) atoms. The number of carbonyl (C=O) groups is 2. The van der Waals surface area contributed by atoms with Gasteiger partial charge in [-0.25, -0.2) is 0 Å². The van der Waals surface area contributed by atoms with Crippen LogP contribution < -0.4 is 0 Å². The Bertz CT molecular complexity index is 341. The smallest absolute Gasteiger partial charge is 0.321 e. The van der Waals surface area contributed by atoms with Crippen molar-refractivity contribution >= 4 is 11.9 Å². The van der Waals surface area contributed by atoms with Gasteiger partial charge in [-0.2, -0.15) is 0 Å². The fourth-order valence-electron chi connectivity index (χ4n) is 2.21. The molecule has 0 radical (unpaired) electrons. The summed E-state index contributed by atoms with van der Waals surface area (Å²) in [5.41, 5.74) is 0. The van der Waals surface area contributed by atoms with E-state index in [0.29, 0.717) is 0 Å². The predicted molar refractivity (Wildman–Crippen MR) is 54.8 cm³/mol. The Balaban J connectivity index is 2.22. The number of ether oxygens (including phenoxy) is 1. The minimum absolute atomic E-state index is 0.124. The molecule has 3 atom stereocenters. The molecule has 0 bridgehead atoms. The van der Waals surface area contributed by atoms with E-state index in [-0.39, 0.29) is 23.7 Å². The maximum atomic E-state index is 11.5. The Hall–Kier alpha value is -1.38. The first-order valence-corrected chi connectivity index (χ1v) is 5.33. The molecule has 1 fully saturated rings. The summed E-state index contributed by atoms with van der Waals surface area (Å²) in [5.74, 6) is -1.27. The fourth-order valence-corrected chi connectivity index (χ4v) is 2.21. The molecule has 0 aromatic rings. The van der Waals surface area contributed by atoms with Crippen LogP contribution in [0.3, 0.4) is 0 Å². The van der Waals surface area contributed by atoms with Crippen molar-refractivity contribution in [2.45, 2.75) is 19.8 Å². The SMILES string of the molecule is CCC=CC1CC=CC2C(=O)OC(=O)C12. The highest BCUT2D eigenvalue weighted by Gasteiger charge is 2.47. The Labute approximate surface area is 88.8 Å². The average Bonchev–Trinajstić information content (AvgIpc) is 2.53. The minimum atomic E-state index is -0.393. The van der Waals surface area contributed by atoms with Gasteiger partial charge in [0.05, 0.1) is 11.8 Å². The molecule has 1 saturated heterocycles. The highest BCUT2D eigenvalue weighted by molar-refractivity contribution is 5.98. The van der Waals surface area contributed by atoms with Gasteiger partial charge in [-0.15, -0.1) is 0 Å². The Morgan fingerprint density at radius 3 is 3.00 bits per heavy atom. The van der Waals surface area contributed by atoms with Crippen molar-refractivity contribution in [1.29, 1.82) is 0 Å². The summed E-state index contributed by atoms with van der Waals surface area (Å²) in [5, 5.41) is 0. The maximum Gasteiger partial charge on any atom is 0.321 e. The van der Waals surface area contributed by atoms with E-state index in [2.05, 4.69) is 4.74 Å². The van der Waals surface area contributed by atoms with Crippen molar-refractivity contribution in [1.82, 2.24) is 0 Å². The molecule has 3 unspecified atom stereocenters. The van der Waals surface area contributed by atoms with Gasteiger partial charge in [0.15, 0.2) is 0 Å². The minimum Gasteiger partial charge on any atom is -0.392 e. The van der Waals surface area contributed by atoms with Gasteiger partial charge < -0.3 is 4.74 Å². The van der Waals surface area contributed by atoms with Crippen LogP contribution in [-0.2, 0) is 14.3 Å². The van der Waals surface area contributed by atoms with Crippen LogP contribution in [0.15, 0.2) is 24.3 Å². The summed E-state index contributed by atoms with van der Waals surface area (Å²) in [6.45, 7) is 2.05. The largest absolute Gasteiger partial charge is 0.392 e. The zero-order chi connectivity index (χ0) is 10.8. The average molecular weight is 206 g/mol. The van der Waals surface area contributed by atoms with E-state index in [1.54, 1.807) is 6.08 Å². The first-order chi connectivity index (χ1) is 7.24. The second-order valence-electron chi connectivity index (χ2n) is 3.96. The van der Waals surface area contributed by atoms with Crippen LogP contribution in [0.5, 0.6) is 0 Å². The molecule has 0 aromatic heterocycles. The molecule has 0 amide bonds. The summed E-state index contributed by atoms with van der Waals surface area (Å²) >= 11 is 0. The third-order valence-corrected chi connectivity index (χ3v) is 2.96. The quantitative estimate of drug-likeness (QED) is 0.393. The Morgan fingerprint density at radius 1 is 1.47 bits per heavy atom. The van der Waals surface area contributed by atoms with Gasteiger partial charge in [-0.05, 0) is 18.8 Å². The van der Waals surface area contributed by atoms with Crippen molar-refractivity contribution in [2.24, 2.45) is 17.8 Å². The van der Waals surface area contributed by atoms with Gasteiger partial charge in [0.1, 0.15) is 0 Å². The van der Waals surface area contributed by atoms with E-state index in [0.717, 1.165) is 12.8 Å². The van der Waals surface area contributed by atoms with E-state index in [1.807, 2.05) is 25.2 Å². The van der Waals surface area contributed by atoms with Crippen molar-refractivity contribution in [3.63, 3.8) is 0 Å². The first-order valence-electron chi connectivity index (χ1n) is 5.33. The zero-order valence-electron chi connectivity index (χ0n) is 8.68. The van der Waals surface area contributed by atoms with Gasteiger partial charge in [0.25, 0.3) is 0 Å². The number of hydrogen-bond donors (Lipinski definition) is 0. The normalized spacial score (nSPS) is 34.6. The highest BCUT2D eigenvalue weighted by Crippen LogP contribution is 2.37. The lowest BCUT2D eigenvalue weighted by Gasteiger charge is -2.22. The van der Waals surface area contributed by atoms with Crippen molar-refractivity contribution < 1.29 is 14.3 Å². The molecule has 1 aliphatic carbocycles. The number of cyclic esters (lactones) is 2. The van der Waals surface area contributed by atoms with Crippen LogP contribution in [0.4, 0.5) is 0 Å². The molecule has 3 heteroatoms. The van der Waals surface area contributed by atoms with E-state index in [9.17, 15) is 9.59 Å². The summed E-state index contributed by atoms with van der Waals surface area (Å²) in [6.07, 6.45) is 9.60. The van der Waals surface area contributed by atoms with Crippen molar-refractivity contribution in [3.05, 3.63) is 24.3 Å². The fraction of sp³-hybridized carbons (Fsp3) is 0.500. The van der Waals surface area contributed by atoms with Crippen molar-refractivity contribution in [3.8, 4) is 0 Å². The second-order valence-corrected chi connectivity index (χ2v) is 3.96. The predicted octanol–water partition coefficient (Wildman–Crippen LogP) is 1.84. The lowest BCUT2D eigenvalue weighted by molar-refractivity contribution is -0.153. The van der Waals surface area contributed by atoms with Crippen molar-refractivity contribution in [2.75, 3.05) is 0 Å². The lowest BCUT2D eigenvalue weighted by atomic mass is 9.77. The van der Waals surface area contributed by atoms with Gasteiger partial charge in [-0.1, -0.05) is 31.2 Å². The van der Waals surface area contributed by atoms with Crippen LogP contribution in [0, 0.1) is 17.8 Å². The third kappa shape index (κ3) is 1.74. The van der Waals surface area contributed by atoms with E-state index >= 15 is 0 Å². The number of hydrogen-bond acceptors (Lipinski definition) is 3. The first kappa shape index (κ1) is 10.1. The zero-order valence-corrected chi connectivity index (χ0v) is 8.68. The molecule has 2 aliphatic rings. The summed E-state index contributed by atoms with van der Waals surface area (Å²) in [7, 11) is 0. The van der Waals surface area contributed by atoms with Gasteiger partial charge in [-0.3, -0.25) is 9.59 Å². The molecule has 1 heterocycles. The molecule has 0 N–H and O–H groups in total. The summed E-state index contributed by atoms with van der Waals surface area (Å²) in [4.78, 5) is 22.8. The molecule has 1 aliphatic heterocycles. The van der Waals surface area contributed by atoms with Crippen LogP contribution >= 0.6 is 0 Å². The number of rotatable bonds is 2. The van der Waals surface area contributed by atoms with Gasteiger partial charge in [0, 0.05) is 0 Å². The van der Waals surface area contributed by atoms with Gasteiger partial charge in [0.2, 0.25) is 0 Å². The molecule has 3 nitrogen and oxygen atoms in total. The summed E-state index contributed by atoms with van der Waals surface area (Å²) in [6, 6.07) is 0. The van der Waals surface area contributed by atoms with E-state index in [4.69, 9.17) is 0 Å². The van der Waals surface area contributed by atoms with Crippen LogP contribution in [-0.4, -0.2) is 11.9 Å². The topological polar surface area (TPSA) is 43.4 Å².